The van der Waals surface area contributed by atoms with Gasteiger partial charge in [0, 0.05) is 47.8 Å². The van der Waals surface area contributed by atoms with Gasteiger partial charge in [-0.1, -0.05) is 0 Å². The first kappa shape index (κ1) is 17.6. The normalized spacial score (nSPS) is 8.14. The van der Waals surface area contributed by atoms with Crippen molar-refractivity contribution < 1.29 is 14.2 Å². The van der Waals surface area contributed by atoms with Gasteiger partial charge in [0.1, 0.15) is 0 Å². The van der Waals surface area contributed by atoms with Crippen molar-refractivity contribution in [2.75, 3.05) is 19.8 Å². The summed E-state index contributed by atoms with van der Waals surface area (Å²) < 4.78 is 15.7. The van der Waals surface area contributed by atoms with E-state index in [-0.39, 0.29) is 37.9 Å². The molecule has 0 radical (unpaired) electrons. The number of ether oxygens (including phenoxy) is 3. The number of hydrogen-bond acceptors (Lipinski definition) is 6. The molecule has 0 saturated heterocycles. The van der Waals surface area contributed by atoms with Gasteiger partial charge in [0.05, 0.1) is 0 Å². The highest BCUT2D eigenvalue weighted by molar-refractivity contribution is 9.12. The minimum atomic E-state index is 0.0313. The van der Waals surface area contributed by atoms with Gasteiger partial charge in [0.15, 0.2) is 19.8 Å². The van der Waals surface area contributed by atoms with Gasteiger partial charge >= 0.3 is 18.0 Å². The molecule has 9 heteroatoms. The van der Waals surface area contributed by atoms with E-state index in [0.29, 0.717) is 0 Å². The van der Waals surface area contributed by atoms with E-state index in [0.717, 1.165) is 0 Å². The Morgan fingerprint density at radius 3 is 1.14 bits per heavy atom. The van der Waals surface area contributed by atoms with Crippen LogP contribution in [0, 0.1) is 32.3 Å². The molecule has 0 saturated carbocycles. The van der Waals surface area contributed by atoms with E-state index in [1.165, 1.54) is 0 Å². The standard InChI is InChI=1S/C12H6Br3N3O3/c13-4-1-7-19-10-16-11(20-8-2-5-14)18-12(17-10)21-9-3-6-15/h7-9H2. The van der Waals surface area contributed by atoms with Crippen molar-refractivity contribution in [3.05, 3.63) is 0 Å². The summed E-state index contributed by atoms with van der Waals surface area (Å²) in [6.45, 7) is 0.323. The number of hydrogen-bond donors (Lipinski definition) is 0. The van der Waals surface area contributed by atoms with Crippen molar-refractivity contribution in [3.63, 3.8) is 0 Å². The fraction of sp³-hybridized carbons (Fsp3) is 0.250. The molecule has 0 spiro atoms. The Kier molecular flexibility index (Phi) is 9.39. The molecule has 0 bridgehead atoms. The Bertz CT molecular complexity index is 547. The van der Waals surface area contributed by atoms with Gasteiger partial charge in [-0.3, -0.25) is 0 Å². The molecule has 1 aromatic heterocycles. The van der Waals surface area contributed by atoms with Gasteiger partial charge in [0.25, 0.3) is 0 Å². The van der Waals surface area contributed by atoms with E-state index in [1.54, 1.807) is 0 Å². The summed E-state index contributed by atoms with van der Waals surface area (Å²) in [6, 6.07) is 0.0940. The first-order valence-corrected chi connectivity index (χ1v) is 7.58. The summed E-state index contributed by atoms with van der Waals surface area (Å²) in [4.78, 5) is 19.4. The maximum absolute atomic E-state index is 5.22. The lowest BCUT2D eigenvalue weighted by atomic mass is 10.7. The van der Waals surface area contributed by atoms with Crippen LogP contribution in [0.1, 0.15) is 0 Å². The van der Waals surface area contributed by atoms with Crippen LogP contribution in [0.3, 0.4) is 0 Å². The minimum Gasteiger partial charge on any atom is -0.450 e. The topological polar surface area (TPSA) is 66.4 Å². The Morgan fingerprint density at radius 2 is 0.905 bits per heavy atom. The molecule has 0 unspecified atom stereocenters. The lowest BCUT2D eigenvalue weighted by molar-refractivity contribution is 0.273. The second kappa shape index (κ2) is 11.2. The van der Waals surface area contributed by atoms with Crippen molar-refractivity contribution >= 4 is 47.8 Å². The molecule has 6 nitrogen and oxygen atoms in total. The molecule has 0 amide bonds. The molecule has 0 aliphatic heterocycles. The molecule has 108 valence electrons. The fourth-order valence-electron chi connectivity index (χ4n) is 0.898. The number of halogens is 3. The number of rotatable bonds is 6. The lowest BCUT2D eigenvalue weighted by Gasteiger charge is -2.06. The van der Waals surface area contributed by atoms with E-state index in [2.05, 4.69) is 95.0 Å². The fourth-order valence-corrected chi connectivity index (χ4v) is 1.24. The Hall–Kier alpha value is -1.47. The van der Waals surface area contributed by atoms with Crippen molar-refractivity contribution in [1.29, 1.82) is 0 Å². The summed E-state index contributed by atoms with van der Waals surface area (Å²) in [5, 5.41) is 0. The van der Waals surface area contributed by atoms with Gasteiger partial charge < -0.3 is 14.2 Å². The molecule has 1 rings (SSSR count). The van der Waals surface area contributed by atoms with Crippen LogP contribution in [0.25, 0.3) is 0 Å². The Balaban J connectivity index is 2.83. The van der Waals surface area contributed by atoms with Crippen LogP contribution in [-0.4, -0.2) is 34.8 Å². The SMILES string of the molecule is BrC#CCOc1nc(OCC#CBr)nc(OCC#CBr)n1. The molecule has 0 N–H and O–H groups in total. The van der Waals surface area contributed by atoms with Crippen molar-refractivity contribution in [3.8, 4) is 50.3 Å². The van der Waals surface area contributed by atoms with E-state index in [1.807, 2.05) is 0 Å². The van der Waals surface area contributed by atoms with Crippen LogP contribution < -0.4 is 14.2 Å². The van der Waals surface area contributed by atoms with Crippen LogP contribution in [0.5, 0.6) is 18.0 Å². The number of aromatic nitrogens is 3. The number of nitrogens with zero attached hydrogens (tertiary/aromatic N) is 3. The zero-order chi connectivity index (χ0) is 15.3. The van der Waals surface area contributed by atoms with Crippen molar-refractivity contribution in [1.82, 2.24) is 15.0 Å². The first-order valence-electron chi connectivity index (χ1n) is 5.20. The van der Waals surface area contributed by atoms with Crippen LogP contribution in [0.2, 0.25) is 0 Å². The van der Waals surface area contributed by atoms with E-state index in [4.69, 9.17) is 14.2 Å². The van der Waals surface area contributed by atoms with E-state index in [9.17, 15) is 0 Å². The second-order valence-electron chi connectivity index (χ2n) is 2.86. The molecular formula is C12H6Br3N3O3. The molecule has 21 heavy (non-hydrogen) atoms. The highest BCUT2D eigenvalue weighted by Gasteiger charge is 2.09. The Morgan fingerprint density at radius 1 is 0.619 bits per heavy atom. The summed E-state index contributed by atoms with van der Waals surface area (Å²) in [5.41, 5.74) is 0. The van der Waals surface area contributed by atoms with E-state index >= 15 is 0 Å². The molecule has 0 fully saturated rings. The zero-order valence-electron chi connectivity index (χ0n) is 10.3. The molecule has 1 aromatic rings. The van der Waals surface area contributed by atoms with Gasteiger partial charge in [-0.05, 0) is 32.3 Å². The highest BCUT2D eigenvalue weighted by Crippen LogP contribution is 2.14. The Labute approximate surface area is 146 Å². The molecule has 0 aliphatic carbocycles. The third-order valence-electron chi connectivity index (χ3n) is 1.59. The molecular weight excluding hydrogens is 474 g/mol. The van der Waals surface area contributed by atoms with Gasteiger partial charge in [-0.15, -0.1) is 15.0 Å². The van der Waals surface area contributed by atoms with Gasteiger partial charge in [-0.25, -0.2) is 0 Å². The smallest absolute Gasteiger partial charge is 0.326 e. The van der Waals surface area contributed by atoms with Gasteiger partial charge in [0.2, 0.25) is 0 Å². The van der Waals surface area contributed by atoms with Crippen molar-refractivity contribution in [2.45, 2.75) is 0 Å². The molecule has 1 heterocycles. The van der Waals surface area contributed by atoms with Crippen LogP contribution in [0.15, 0.2) is 0 Å². The molecule has 0 aliphatic rings. The molecule has 0 aromatic carbocycles. The maximum atomic E-state index is 5.22. The predicted molar refractivity (Wildman–Crippen MR) is 86.4 cm³/mol. The summed E-state index contributed by atoms with van der Waals surface area (Å²) in [7, 11) is 0. The lowest BCUT2D eigenvalue weighted by Crippen LogP contribution is -2.07. The average Bonchev–Trinajstić information content (AvgIpc) is 2.48. The largest absolute Gasteiger partial charge is 0.450 e. The summed E-state index contributed by atoms with van der Waals surface area (Å²) in [5.74, 6) is 7.94. The zero-order valence-corrected chi connectivity index (χ0v) is 15.1. The summed E-state index contributed by atoms with van der Waals surface area (Å²) >= 11 is 8.86. The van der Waals surface area contributed by atoms with Crippen LogP contribution in [-0.2, 0) is 0 Å². The van der Waals surface area contributed by atoms with E-state index < -0.39 is 0 Å². The summed E-state index contributed by atoms with van der Waals surface area (Å²) in [6.07, 6.45) is 0. The average molecular weight is 480 g/mol. The van der Waals surface area contributed by atoms with Crippen LogP contribution in [0.4, 0.5) is 0 Å². The predicted octanol–water partition coefficient (Wildman–Crippen LogP) is 2.08. The minimum absolute atomic E-state index is 0.0313. The highest BCUT2D eigenvalue weighted by atomic mass is 79.9. The molecule has 0 atom stereocenters. The van der Waals surface area contributed by atoms with Crippen LogP contribution >= 0.6 is 47.8 Å². The maximum Gasteiger partial charge on any atom is 0.326 e. The monoisotopic (exact) mass is 477 g/mol. The third-order valence-corrected chi connectivity index (χ3v) is 2.44. The second-order valence-corrected chi connectivity index (χ2v) is 4.05. The first-order chi connectivity index (χ1) is 10.3. The van der Waals surface area contributed by atoms with Gasteiger partial charge in [-0.2, -0.15) is 0 Å². The third kappa shape index (κ3) is 7.77. The quantitative estimate of drug-likeness (QED) is 0.582. The van der Waals surface area contributed by atoms with Crippen molar-refractivity contribution in [2.24, 2.45) is 0 Å².